The van der Waals surface area contributed by atoms with Gasteiger partial charge in [0, 0.05) is 0 Å². The van der Waals surface area contributed by atoms with E-state index in [1.807, 2.05) is 0 Å². The molecule has 0 aliphatic carbocycles. The van der Waals surface area contributed by atoms with E-state index in [-0.39, 0.29) is 6.61 Å². The Labute approximate surface area is 81.6 Å². The normalized spacial score (nSPS) is 29.9. The van der Waals surface area contributed by atoms with Crippen LogP contribution in [0.1, 0.15) is 13.8 Å². The van der Waals surface area contributed by atoms with Crippen molar-refractivity contribution < 1.29 is 24.5 Å². The fourth-order valence-electron chi connectivity index (χ4n) is 1.26. The lowest BCUT2D eigenvalue weighted by molar-refractivity contribution is -0.159. The molecule has 0 aromatic carbocycles. The second kappa shape index (κ2) is 3.82. The Morgan fingerprint density at radius 3 is 2.57 bits per heavy atom. The van der Waals surface area contributed by atoms with E-state index in [9.17, 15) is 9.90 Å². The predicted octanol–water partition coefficient (Wildman–Crippen LogP) is -1.09. The molecule has 0 aromatic heterocycles. The van der Waals surface area contributed by atoms with Crippen LogP contribution in [0.15, 0.2) is 0 Å². The number of carbonyl (C=O) groups is 1. The summed E-state index contributed by atoms with van der Waals surface area (Å²) in [6.45, 7) is 3.52. The molecule has 3 atom stereocenters. The van der Waals surface area contributed by atoms with Crippen molar-refractivity contribution in [2.45, 2.75) is 37.9 Å². The molecule has 1 heterocycles. The fourth-order valence-corrected chi connectivity index (χ4v) is 1.26. The van der Waals surface area contributed by atoms with Crippen molar-refractivity contribution in [1.29, 1.82) is 0 Å². The predicted molar refractivity (Wildman–Crippen MR) is 46.5 cm³/mol. The molecule has 0 unspecified atom stereocenters. The molecule has 0 bridgehead atoms. The van der Waals surface area contributed by atoms with Crippen LogP contribution in [0.2, 0.25) is 0 Å². The molecule has 1 rings (SSSR count). The van der Waals surface area contributed by atoms with Crippen molar-refractivity contribution >= 4 is 5.97 Å². The molecule has 4 N–H and O–H groups in total. The average molecular weight is 205 g/mol. The number of hydrogen-bond donors (Lipinski definition) is 3. The van der Waals surface area contributed by atoms with E-state index in [0.717, 1.165) is 0 Å². The maximum absolute atomic E-state index is 10.5. The van der Waals surface area contributed by atoms with Gasteiger partial charge < -0.3 is 25.4 Å². The number of ether oxygens (including phenoxy) is 2. The molecule has 6 heteroatoms. The van der Waals surface area contributed by atoms with Crippen LogP contribution >= 0.6 is 0 Å². The monoisotopic (exact) mass is 205 g/mol. The molecular weight excluding hydrogens is 190 g/mol. The minimum absolute atomic E-state index is 0.148. The van der Waals surface area contributed by atoms with Gasteiger partial charge in [-0.2, -0.15) is 0 Å². The van der Waals surface area contributed by atoms with Crippen molar-refractivity contribution in [3.8, 4) is 0 Å². The van der Waals surface area contributed by atoms with Crippen LogP contribution in [0.3, 0.4) is 0 Å². The lowest BCUT2D eigenvalue weighted by Crippen LogP contribution is -2.49. The molecule has 1 aliphatic heterocycles. The molecule has 14 heavy (non-hydrogen) atoms. The van der Waals surface area contributed by atoms with E-state index in [2.05, 4.69) is 0 Å². The maximum atomic E-state index is 10.5. The van der Waals surface area contributed by atoms with Gasteiger partial charge in [-0.15, -0.1) is 0 Å². The van der Waals surface area contributed by atoms with Crippen LogP contribution in [-0.2, 0) is 14.3 Å². The van der Waals surface area contributed by atoms with Gasteiger partial charge in [-0.05, 0) is 13.8 Å². The van der Waals surface area contributed by atoms with Crippen LogP contribution in [-0.4, -0.2) is 46.8 Å². The van der Waals surface area contributed by atoms with Crippen molar-refractivity contribution in [2.24, 2.45) is 5.73 Å². The lowest BCUT2D eigenvalue weighted by Gasteiger charge is -2.22. The summed E-state index contributed by atoms with van der Waals surface area (Å²) in [6.07, 6.45) is -1.94. The zero-order valence-corrected chi connectivity index (χ0v) is 8.14. The SMILES string of the molecule is CC1(C)OC[C@H]([C@@H](O)[C@@H](N)C(=O)O)O1. The summed E-state index contributed by atoms with van der Waals surface area (Å²) in [7, 11) is 0. The number of carboxylic acid groups (broad SMARTS) is 1. The van der Waals surface area contributed by atoms with Crippen LogP contribution in [0.5, 0.6) is 0 Å². The zero-order valence-electron chi connectivity index (χ0n) is 8.14. The highest BCUT2D eigenvalue weighted by Crippen LogP contribution is 2.24. The van der Waals surface area contributed by atoms with E-state index in [1.165, 1.54) is 0 Å². The zero-order chi connectivity index (χ0) is 10.9. The molecule has 0 spiro atoms. The molecule has 0 radical (unpaired) electrons. The first-order chi connectivity index (χ1) is 6.33. The molecule has 6 nitrogen and oxygen atoms in total. The summed E-state index contributed by atoms with van der Waals surface area (Å²) in [4.78, 5) is 10.5. The second-order valence-corrected chi connectivity index (χ2v) is 3.72. The van der Waals surface area contributed by atoms with Gasteiger partial charge in [0.05, 0.1) is 6.61 Å². The largest absolute Gasteiger partial charge is 0.480 e. The molecule has 0 aromatic rings. The topological polar surface area (TPSA) is 102 Å². The number of rotatable bonds is 3. The standard InChI is InChI=1S/C8H15NO5/c1-8(2)13-3-4(14-8)6(10)5(9)7(11)12/h4-6,10H,3,9H2,1-2H3,(H,11,12)/t4-,5-,6-/m1/s1. The Morgan fingerprint density at radius 2 is 2.21 bits per heavy atom. The van der Waals surface area contributed by atoms with Crippen molar-refractivity contribution in [3.63, 3.8) is 0 Å². The first-order valence-corrected chi connectivity index (χ1v) is 4.32. The molecule has 1 aliphatic rings. The van der Waals surface area contributed by atoms with Crippen molar-refractivity contribution in [3.05, 3.63) is 0 Å². The van der Waals surface area contributed by atoms with Crippen molar-refractivity contribution in [2.75, 3.05) is 6.61 Å². The molecule has 82 valence electrons. The van der Waals surface area contributed by atoms with Crippen LogP contribution in [0.4, 0.5) is 0 Å². The highest BCUT2D eigenvalue weighted by Gasteiger charge is 2.40. The molecule has 1 saturated heterocycles. The Kier molecular flexibility index (Phi) is 3.10. The van der Waals surface area contributed by atoms with E-state index in [0.29, 0.717) is 0 Å². The minimum Gasteiger partial charge on any atom is -0.480 e. The maximum Gasteiger partial charge on any atom is 0.323 e. The summed E-state index contributed by atoms with van der Waals surface area (Å²) >= 11 is 0. The number of carboxylic acids is 1. The first kappa shape index (κ1) is 11.4. The summed E-state index contributed by atoms with van der Waals surface area (Å²) < 4.78 is 10.4. The van der Waals surface area contributed by atoms with Gasteiger partial charge in [-0.3, -0.25) is 4.79 Å². The van der Waals surface area contributed by atoms with Gasteiger partial charge in [0.25, 0.3) is 0 Å². The van der Waals surface area contributed by atoms with Gasteiger partial charge in [0.15, 0.2) is 5.79 Å². The van der Waals surface area contributed by atoms with Gasteiger partial charge in [0.1, 0.15) is 18.2 Å². The summed E-state index contributed by atoms with van der Waals surface area (Å²) in [5.74, 6) is -2.05. The summed E-state index contributed by atoms with van der Waals surface area (Å²) in [5, 5.41) is 18.1. The Morgan fingerprint density at radius 1 is 1.64 bits per heavy atom. The van der Waals surface area contributed by atoms with Gasteiger partial charge in [-0.25, -0.2) is 0 Å². The second-order valence-electron chi connectivity index (χ2n) is 3.72. The Bertz CT molecular complexity index is 230. The number of aliphatic hydroxyl groups excluding tert-OH is 1. The number of aliphatic hydroxyl groups is 1. The summed E-state index contributed by atoms with van der Waals surface area (Å²) in [6, 6.07) is -1.35. The third-order valence-electron chi connectivity index (χ3n) is 2.06. The Hall–Kier alpha value is -0.690. The number of nitrogens with two attached hydrogens (primary N) is 1. The number of aliphatic carboxylic acids is 1. The first-order valence-electron chi connectivity index (χ1n) is 4.32. The molecular formula is C8H15NO5. The number of hydrogen-bond acceptors (Lipinski definition) is 5. The van der Waals surface area contributed by atoms with Gasteiger partial charge >= 0.3 is 5.97 Å². The van der Waals surface area contributed by atoms with Gasteiger partial charge in [0.2, 0.25) is 0 Å². The third kappa shape index (κ3) is 2.42. The molecule has 0 amide bonds. The lowest BCUT2D eigenvalue weighted by atomic mass is 10.1. The van der Waals surface area contributed by atoms with E-state index < -0.39 is 30.0 Å². The average Bonchev–Trinajstić information content (AvgIpc) is 2.43. The smallest absolute Gasteiger partial charge is 0.323 e. The third-order valence-corrected chi connectivity index (χ3v) is 2.06. The highest BCUT2D eigenvalue weighted by atomic mass is 16.7. The Balaban J connectivity index is 2.55. The minimum atomic E-state index is -1.35. The van der Waals surface area contributed by atoms with E-state index in [1.54, 1.807) is 13.8 Å². The summed E-state index contributed by atoms with van der Waals surface area (Å²) in [5.41, 5.74) is 5.24. The quantitative estimate of drug-likeness (QED) is 0.541. The van der Waals surface area contributed by atoms with Crippen LogP contribution in [0, 0.1) is 0 Å². The fraction of sp³-hybridized carbons (Fsp3) is 0.875. The van der Waals surface area contributed by atoms with E-state index >= 15 is 0 Å². The van der Waals surface area contributed by atoms with Gasteiger partial charge in [-0.1, -0.05) is 0 Å². The highest BCUT2D eigenvalue weighted by molar-refractivity contribution is 5.74. The van der Waals surface area contributed by atoms with Crippen molar-refractivity contribution in [1.82, 2.24) is 0 Å². The molecule has 1 fully saturated rings. The van der Waals surface area contributed by atoms with Crippen LogP contribution < -0.4 is 5.73 Å². The van der Waals surface area contributed by atoms with Crippen LogP contribution in [0.25, 0.3) is 0 Å². The van der Waals surface area contributed by atoms with E-state index in [4.69, 9.17) is 20.3 Å². The molecule has 0 saturated carbocycles.